The maximum Gasteiger partial charge on any atom is 0.341 e. The number of carbonyl (C=O) groups is 1. The third-order valence-corrected chi connectivity index (χ3v) is 6.10. The van der Waals surface area contributed by atoms with Gasteiger partial charge in [0, 0.05) is 24.7 Å². The number of aromatic carboxylic acids is 1. The van der Waals surface area contributed by atoms with E-state index in [0.29, 0.717) is 29.7 Å². The first kappa shape index (κ1) is 21.0. The molecule has 33 heavy (non-hydrogen) atoms. The normalized spacial score (nSPS) is 15.1. The molecule has 2 aromatic heterocycles. The van der Waals surface area contributed by atoms with Gasteiger partial charge < -0.3 is 20.3 Å². The molecular formula is C24H20F2N4O3. The number of carboxylic acids is 1. The fourth-order valence-electron chi connectivity index (χ4n) is 4.39. The lowest BCUT2D eigenvalue weighted by atomic mass is 9.83. The van der Waals surface area contributed by atoms with Crippen LogP contribution in [0.1, 0.15) is 15.9 Å². The number of pyridine rings is 2. The van der Waals surface area contributed by atoms with Gasteiger partial charge in [0.05, 0.1) is 28.7 Å². The minimum atomic E-state index is -1.42. The summed E-state index contributed by atoms with van der Waals surface area (Å²) in [6.07, 6.45) is 1.09. The number of hydrogen-bond acceptors (Lipinski definition) is 5. The summed E-state index contributed by atoms with van der Waals surface area (Å²) in [6, 6.07) is 13.8. The summed E-state index contributed by atoms with van der Waals surface area (Å²) in [4.78, 5) is 30.4. The van der Waals surface area contributed by atoms with Crippen LogP contribution in [0.5, 0.6) is 0 Å². The molecule has 0 unspecified atom stereocenters. The Bertz CT molecular complexity index is 1460. The average molecular weight is 450 g/mol. The van der Waals surface area contributed by atoms with Gasteiger partial charge in [-0.2, -0.15) is 0 Å². The van der Waals surface area contributed by atoms with Crippen LogP contribution in [-0.2, 0) is 12.1 Å². The van der Waals surface area contributed by atoms with Crippen LogP contribution in [-0.4, -0.2) is 40.4 Å². The van der Waals surface area contributed by atoms with Gasteiger partial charge >= 0.3 is 5.97 Å². The zero-order valence-corrected chi connectivity index (χ0v) is 17.5. The molecule has 0 amide bonds. The van der Waals surface area contributed by atoms with Crippen LogP contribution in [0.2, 0.25) is 0 Å². The van der Waals surface area contributed by atoms with Crippen molar-refractivity contribution in [3.8, 4) is 0 Å². The number of alkyl halides is 1. The predicted molar refractivity (Wildman–Crippen MR) is 121 cm³/mol. The number of nitrogens with zero attached hydrogens (tertiary/aromatic N) is 3. The SMILES string of the molecule is NC1(c2ccccc2)CN(c2cc3nc4c(cc3cc2F)c(=O)c(C(=O)O)cn4CCF)C1. The van der Waals surface area contributed by atoms with Crippen LogP contribution < -0.4 is 16.1 Å². The number of hydrogen-bond donors (Lipinski definition) is 2. The van der Waals surface area contributed by atoms with Crippen molar-refractivity contribution < 1.29 is 18.7 Å². The molecular weight excluding hydrogens is 430 g/mol. The fourth-order valence-corrected chi connectivity index (χ4v) is 4.39. The van der Waals surface area contributed by atoms with Crippen molar-refractivity contribution in [2.75, 3.05) is 24.7 Å². The number of halogens is 2. The maximum absolute atomic E-state index is 15.0. The molecule has 0 aliphatic carbocycles. The third kappa shape index (κ3) is 3.41. The number of anilines is 1. The van der Waals surface area contributed by atoms with Crippen LogP contribution in [0.25, 0.3) is 21.9 Å². The number of rotatable bonds is 5. The molecule has 4 aromatic rings. The first-order valence-corrected chi connectivity index (χ1v) is 10.4. The Balaban J connectivity index is 1.60. The second kappa shape index (κ2) is 7.63. The molecule has 0 spiro atoms. The minimum Gasteiger partial charge on any atom is -0.477 e. The lowest BCUT2D eigenvalue weighted by Gasteiger charge is -2.49. The number of nitrogens with two attached hydrogens (primary N) is 1. The first-order valence-electron chi connectivity index (χ1n) is 10.4. The second-order valence-corrected chi connectivity index (χ2v) is 8.29. The summed E-state index contributed by atoms with van der Waals surface area (Å²) in [5.74, 6) is -1.92. The van der Waals surface area contributed by atoms with Gasteiger partial charge in [-0.05, 0) is 23.8 Å². The van der Waals surface area contributed by atoms with Crippen molar-refractivity contribution >= 4 is 33.6 Å². The highest BCUT2D eigenvalue weighted by Gasteiger charge is 2.41. The lowest BCUT2D eigenvalue weighted by Crippen LogP contribution is -2.65. The van der Waals surface area contributed by atoms with E-state index in [4.69, 9.17) is 5.73 Å². The summed E-state index contributed by atoms with van der Waals surface area (Å²) in [7, 11) is 0. The topological polar surface area (TPSA) is 101 Å². The van der Waals surface area contributed by atoms with E-state index in [1.54, 1.807) is 6.07 Å². The van der Waals surface area contributed by atoms with Gasteiger partial charge in [0.2, 0.25) is 5.43 Å². The van der Waals surface area contributed by atoms with E-state index >= 15 is 4.39 Å². The van der Waals surface area contributed by atoms with E-state index in [1.165, 1.54) is 16.7 Å². The van der Waals surface area contributed by atoms with Gasteiger partial charge in [-0.1, -0.05) is 30.3 Å². The molecule has 5 rings (SSSR count). The Morgan fingerprint density at radius 3 is 2.58 bits per heavy atom. The van der Waals surface area contributed by atoms with Gasteiger partial charge in [0.15, 0.2) is 0 Å². The first-order chi connectivity index (χ1) is 15.8. The van der Waals surface area contributed by atoms with Crippen molar-refractivity contribution in [1.29, 1.82) is 0 Å². The molecule has 9 heteroatoms. The molecule has 0 bridgehead atoms. The summed E-state index contributed by atoms with van der Waals surface area (Å²) in [5.41, 5.74) is 6.52. The summed E-state index contributed by atoms with van der Waals surface area (Å²) in [5, 5.41) is 9.67. The van der Waals surface area contributed by atoms with Crippen LogP contribution >= 0.6 is 0 Å². The molecule has 1 fully saturated rings. The van der Waals surface area contributed by atoms with Gasteiger partial charge in [0.25, 0.3) is 0 Å². The van der Waals surface area contributed by atoms with Gasteiger partial charge in [-0.15, -0.1) is 0 Å². The quantitative estimate of drug-likeness (QED) is 0.454. The second-order valence-electron chi connectivity index (χ2n) is 8.29. The van der Waals surface area contributed by atoms with Gasteiger partial charge in [-0.25, -0.2) is 18.6 Å². The Morgan fingerprint density at radius 2 is 1.91 bits per heavy atom. The lowest BCUT2D eigenvalue weighted by molar-refractivity contribution is 0.0694. The minimum absolute atomic E-state index is 0.00277. The van der Waals surface area contributed by atoms with Crippen LogP contribution in [0.4, 0.5) is 14.5 Å². The molecule has 2 aromatic carbocycles. The molecule has 1 aliphatic rings. The molecule has 3 heterocycles. The molecule has 0 atom stereocenters. The number of aromatic nitrogens is 2. The van der Waals surface area contributed by atoms with Crippen LogP contribution in [0.3, 0.4) is 0 Å². The van der Waals surface area contributed by atoms with Gasteiger partial charge in [0.1, 0.15) is 23.7 Å². The zero-order chi connectivity index (χ0) is 23.3. The smallest absolute Gasteiger partial charge is 0.341 e. The largest absolute Gasteiger partial charge is 0.477 e. The monoisotopic (exact) mass is 450 g/mol. The third-order valence-electron chi connectivity index (χ3n) is 6.10. The average Bonchev–Trinajstić information content (AvgIpc) is 2.78. The summed E-state index contributed by atoms with van der Waals surface area (Å²) in [6.45, 7) is -0.0944. The Labute approximate surface area is 186 Å². The van der Waals surface area contributed by atoms with E-state index in [-0.39, 0.29) is 17.6 Å². The van der Waals surface area contributed by atoms with Crippen molar-refractivity contribution in [3.05, 3.63) is 81.9 Å². The summed E-state index contributed by atoms with van der Waals surface area (Å²) >= 11 is 0. The van der Waals surface area contributed by atoms with Crippen molar-refractivity contribution in [2.45, 2.75) is 12.1 Å². The van der Waals surface area contributed by atoms with E-state index in [1.807, 2.05) is 35.2 Å². The maximum atomic E-state index is 15.0. The standard InChI is InChI=1S/C24H20F2N4O3/c25-6-7-29-11-17(23(32)33)21(31)16-8-14-9-18(26)20(10-19(14)28-22(16)29)30-12-24(27,13-30)15-4-2-1-3-5-15/h1-5,8-11H,6-7,12-13,27H2,(H,32,33). The molecule has 3 N–H and O–H groups in total. The molecule has 168 valence electrons. The highest BCUT2D eigenvalue weighted by Crippen LogP contribution is 2.36. The molecule has 0 saturated carbocycles. The fraction of sp³-hybridized carbons (Fsp3) is 0.208. The number of carboxylic acid groups (broad SMARTS) is 1. The van der Waals surface area contributed by atoms with Gasteiger partial charge in [-0.3, -0.25) is 4.79 Å². The Hall–Kier alpha value is -3.85. The zero-order valence-electron chi connectivity index (χ0n) is 17.5. The number of aryl methyl sites for hydroxylation is 1. The summed E-state index contributed by atoms with van der Waals surface area (Å²) < 4.78 is 29.4. The highest BCUT2D eigenvalue weighted by atomic mass is 19.1. The van der Waals surface area contributed by atoms with E-state index in [0.717, 1.165) is 11.8 Å². The number of benzene rings is 2. The van der Waals surface area contributed by atoms with E-state index in [2.05, 4.69) is 4.98 Å². The molecule has 1 aliphatic heterocycles. The van der Waals surface area contributed by atoms with Crippen molar-refractivity contribution in [1.82, 2.24) is 9.55 Å². The number of fused-ring (bicyclic) bond motifs is 2. The van der Waals surface area contributed by atoms with E-state index in [9.17, 15) is 19.1 Å². The van der Waals surface area contributed by atoms with E-state index < -0.39 is 35.0 Å². The molecule has 7 nitrogen and oxygen atoms in total. The van der Waals surface area contributed by atoms with Crippen LogP contribution in [0.15, 0.2) is 59.5 Å². The molecule has 0 radical (unpaired) electrons. The highest BCUT2D eigenvalue weighted by molar-refractivity contribution is 5.97. The Morgan fingerprint density at radius 1 is 1.18 bits per heavy atom. The van der Waals surface area contributed by atoms with Crippen LogP contribution in [0, 0.1) is 5.82 Å². The molecule has 1 saturated heterocycles. The Kier molecular flexibility index (Phi) is 4.86. The van der Waals surface area contributed by atoms with Crippen molar-refractivity contribution in [3.63, 3.8) is 0 Å². The predicted octanol–water partition coefficient (Wildman–Crippen LogP) is 3.03. The van der Waals surface area contributed by atoms with Crippen molar-refractivity contribution in [2.24, 2.45) is 5.73 Å².